The average Bonchev–Trinajstić information content (AvgIpc) is 2.99. The highest BCUT2D eigenvalue weighted by molar-refractivity contribution is 7.98. The minimum atomic E-state index is -1.01. The van der Waals surface area contributed by atoms with Crippen LogP contribution in [0.2, 0.25) is 0 Å². The first-order chi connectivity index (χ1) is 21.2. The molecule has 0 saturated carbocycles. The third kappa shape index (κ3) is 14.8. The van der Waals surface area contributed by atoms with Crippen molar-refractivity contribution < 1.29 is 28.8 Å². The van der Waals surface area contributed by atoms with E-state index in [0.29, 0.717) is 25.0 Å². The zero-order valence-corrected chi connectivity index (χ0v) is 28.0. The van der Waals surface area contributed by atoms with Crippen LogP contribution in [0.15, 0.2) is 30.3 Å². The van der Waals surface area contributed by atoms with Gasteiger partial charge < -0.3 is 38.1 Å². The van der Waals surface area contributed by atoms with Gasteiger partial charge in [0.25, 0.3) is 0 Å². The standard InChI is InChI=1S/C31H51N7O6S/c1-7-19(4)26(38-30(43)24(37-28(41)20(5)32)16-21-11-9-8-10-12-21)31(44)34-17-25(39)35-23(15-18(2)3)29(42)36-22(27(33)40)13-14-45-6/h8-12,18-20,22-24,26H,7,13-17,32H2,1-6H3,(H2,33,40)(H,34,44)(H,35,39)(H,36,42)(H,37,41)(H,38,43)/t19-,20-,22?,23?,24-,26-/m0/s1. The molecule has 0 aliphatic heterocycles. The molecule has 2 unspecified atom stereocenters. The molecule has 0 bridgehead atoms. The smallest absolute Gasteiger partial charge is 0.243 e. The number of nitrogens with one attached hydrogen (secondary N) is 5. The Morgan fingerprint density at radius 1 is 0.800 bits per heavy atom. The number of carbonyl (C=O) groups is 6. The van der Waals surface area contributed by atoms with E-state index < -0.39 is 72.2 Å². The molecule has 1 aromatic carbocycles. The summed E-state index contributed by atoms with van der Waals surface area (Å²) in [4.78, 5) is 76.7. The molecular weight excluding hydrogens is 598 g/mol. The molecule has 0 aliphatic carbocycles. The Morgan fingerprint density at radius 2 is 1.40 bits per heavy atom. The van der Waals surface area contributed by atoms with Crippen molar-refractivity contribution in [2.45, 2.75) is 90.5 Å². The number of amides is 6. The fourth-order valence-corrected chi connectivity index (χ4v) is 4.81. The average molecular weight is 650 g/mol. The molecule has 0 spiro atoms. The maximum atomic E-state index is 13.4. The van der Waals surface area contributed by atoms with Crippen molar-refractivity contribution in [1.82, 2.24) is 26.6 Å². The highest BCUT2D eigenvalue weighted by Crippen LogP contribution is 2.11. The van der Waals surface area contributed by atoms with Crippen molar-refractivity contribution >= 4 is 47.2 Å². The molecule has 0 heterocycles. The van der Waals surface area contributed by atoms with E-state index in [1.165, 1.54) is 18.7 Å². The third-order valence-corrected chi connectivity index (χ3v) is 7.82. The van der Waals surface area contributed by atoms with Crippen LogP contribution in [-0.4, -0.2) is 84.2 Å². The maximum absolute atomic E-state index is 13.4. The van der Waals surface area contributed by atoms with Crippen molar-refractivity contribution in [3.63, 3.8) is 0 Å². The maximum Gasteiger partial charge on any atom is 0.243 e. The van der Waals surface area contributed by atoms with Crippen LogP contribution in [0.4, 0.5) is 0 Å². The van der Waals surface area contributed by atoms with Crippen LogP contribution in [0.1, 0.15) is 59.4 Å². The number of hydrogen-bond donors (Lipinski definition) is 7. The summed E-state index contributed by atoms with van der Waals surface area (Å²) in [6, 6.07) is 4.42. The second-order valence-corrected chi connectivity index (χ2v) is 12.6. The number of carbonyl (C=O) groups excluding carboxylic acids is 6. The summed E-state index contributed by atoms with van der Waals surface area (Å²) in [6.45, 7) is 8.46. The zero-order valence-electron chi connectivity index (χ0n) is 27.2. The molecule has 0 saturated heterocycles. The summed E-state index contributed by atoms with van der Waals surface area (Å²) in [5.41, 5.74) is 12.0. The summed E-state index contributed by atoms with van der Waals surface area (Å²) < 4.78 is 0. The minimum Gasteiger partial charge on any atom is -0.368 e. The van der Waals surface area contributed by atoms with Crippen LogP contribution in [0.25, 0.3) is 0 Å². The highest BCUT2D eigenvalue weighted by Gasteiger charge is 2.31. The quantitative estimate of drug-likeness (QED) is 0.102. The third-order valence-electron chi connectivity index (χ3n) is 7.17. The van der Waals surface area contributed by atoms with E-state index in [4.69, 9.17) is 11.5 Å². The first-order valence-corrected chi connectivity index (χ1v) is 16.6. The Hall–Kier alpha value is -3.65. The van der Waals surface area contributed by atoms with Gasteiger partial charge in [-0.15, -0.1) is 0 Å². The summed E-state index contributed by atoms with van der Waals surface area (Å²) in [6.07, 6.45) is 3.23. The van der Waals surface area contributed by atoms with Crippen molar-refractivity contribution in [3.05, 3.63) is 35.9 Å². The van der Waals surface area contributed by atoms with Crippen molar-refractivity contribution in [2.75, 3.05) is 18.6 Å². The highest BCUT2D eigenvalue weighted by atomic mass is 32.2. The van der Waals surface area contributed by atoms with Crippen LogP contribution in [-0.2, 0) is 35.2 Å². The number of hydrogen-bond acceptors (Lipinski definition) is 8. The monoisotopic (exact) mass is 649 g/mol. The van der Waals surface area contributed by atoms with Crippen LogP contribution >= 0.6 is 11.8 Å². The topological polar surface area (TPSA) is 215 Å². The zero-order chi connectivity index (χ0) is 34.1. The molecule has 14 heteroatoms. The lowest BCUT2D eigenvalue weighted by Crippen LogP contribution is -2.58. The fourth-order valence-electron chi connectivity index (χ4n) is 4.34. The molecule has 0 radical (unpaired) electrons. The van der Waals surface area contributed by atoms with Crippen LogP contribution in [0, 0.1) is 11.8 Å². The summed E-state index contributed by atoms with van der Waals surface area (Å²) in [7, 11) is 0. The van der Waals surface area contributed by atoms with Gasteiger partial charge in [0.05, 0.1) is 12.6 Å². The molecule has 6 atom stereocenters. The minimum absolute atomic E-state index is 0.0328. The molecule has 0 aliphatic rings. The summed E-state index contributed by atoms with van der Waals surface area (Å²) >= 11 is 1.51. The van der Waals surface area contributed by atoms with Gasteiger partial charge in [-0.3, -0.25) is 28.8 Å². The van der Waals surface area contributed by atoms with Crippen LogP contribution < -0.4 is 38.1 Å². The van der Waals surface area contributed by atoms with Crippen LogP contribution in [0.3, 0.4) is 0 Å². The Morgan fingerprint density at radius 3 is 1.93 bits per heavy atom. The van der Waals surface area contributed by atoms with Crippen molar-refractivity contribution in [1.29, 1.82) is 0 Å². The van der Waals surface area contributed by atoms with Gasteiger partial charge in [-0.25, -0.2) is 0 Å². The number of thioether (sulfide) groups is 1. The number of primary amides is 1. The van der Waals surface area contributed by atoms with E-state index in [0.717, 1.165) is 5.56 Å². The number of rotatable bonds is 20. The Bertz CT molecular complexity index is 1130. The van der Waals surface area contributed by atoms with Gasteiger partial charge in [-0.1, -0.05) is 64.4 Å². The lowest BCUT2D eigenvalue weighted by Gasteiger charge is -2.27. The van der Waals surface area contributed by atoms with E-state index in [1.54, 1.807) is 6.92 Å². The molecule has 252 valence electrons. The van der Waals surface area contributed by atoms with Crippen molar-refractivity contribution in [3.8, 4) is 0 Å². The predicted molar refractivity (Wildman–Crippen MR) is 176 cm³/mol. The lowest BCUT2D eigenvalue weighted by molar-refractivity contribution is -0.134. The van der Waals surface area contributed by atoms with Gasteiger partial charge >= 0.3 is 0 Å². The number of nitrogens with two attached hydrogens (primary N) is 2. The van der Waals surface area contributed by atoms with E-state index in [1.807, 2.05) is 57.4 Å². The molecule has 1 rings (SSSR count). The Kier molecular flexibility index (Phi) is 17.8. The fraction of sp³-hybridized carbons (Fsp3) is 0.613. The Balaban J connectivity index is 2.97. The largest absolute Gasteiger partial charge is 0.368 e. The van der Waals surface area contributed by atoms with Gasteiger partial charge in [0.2, 0.25) is 35.4 Å². The van der Waals surface area contributed by atoms with Gasteiger partial charge in [-0.05, 0) is 49.2 Å². The SMILES string of the molecule is CC[C@H](C)[C@H](NC(=O)[C@H](Cc1ccccc1)NC(=O)[C@H](C)N)C(=O)NCC(=O)NC(CC(C)C)C(=O)NC(CCSC)C(N)=O. The van der Waals surface area contributed by atoms with Gasteiger partial charge in [-0.2, -0.15) is 11.8 Å². The number of benzene rings is 1. The molecule has 1 aromatic rings. The lowest BCUT2D eigenvalue weighted by atomic mass is 9.97. The molecule has 9 N–H and O–H groups in total. The van der Waals surface area contributed by atoms with E-state index in [-0.39, 0.29) is 18.3 Å². The molecule has 6 amide bonds. The molecular formula is C31H51N7O6S. The molecule has 13 nitrogen and oxygen atoms in total. The molecule has 45 heavy (non-hydrogen) atoms. The molecule has 0 aromatic heterocycles. The first kappa shape index (κ1) is 39.4. The summed E-state index contributed by atoms with van der Waals surface area (Å²) in [5.74, 6) is -3.19. The van der Waals surface area contributed by atoms with Crippen molar-refractivity contribution in [2.24, 2.45) is 23.3 Å². The normalized spacial score (nSPS) is 15.0. The van der Waals surface area contributed by atoms with E-state index >= 15 is 0 Å². The van der Waals surface area contributed by atoms with Crippen LogP contribution in [0.5, 0.6) is 0 Å². The van der Waals surface area contributed by atoms with Gasteiger partial charge in [0.1, 0.15) is 24.2 Å². The first-order valence-electron chi connectivity index (χ1n) is 15.3. The van der Waals surface area contributed by atoms with Gasteiger partial charge in [0.15, 0.2) is 0 Å². The van der Waals surface area contributed by atoms with Gasteiger partial charge in [0, 0.05) is 6.42 Å². The summed E-state index contributed by atoms with van der Waals surface area (Å²) in [5, 5.41) is 13.2. The predicted octanol–water partition coefficient (Wildman–Crippen LogP) is -0.0377. The second kappa shape index (κ2) is 20.4. The van der Waals surface area contributed by atoms with E-state index in [9.17, 15) is 28.8 Å². The second-order valence-electron chi connectivity index (χ2n) is 11.6. The molecule has 0 fully saturated rings. The Labute approximate surface area is 270 Å². The van der Waals surface area contributed by atoms with E-state index in [2.05, 4.69) is 26.6 Å².